The molecule has 144 valence electrons. The van der Waals surface area contributed by atoms with E-state index in [0.717, 1.165) is 24.5 Å². The summed E-state index contributed by atoms with van der Waals surface area (Å²) in [5.41, 5.74) is 3.09. The molecule has 0 aliphatic heterocycles. The number of likely N-dealkylation sites (N-methyl/N-ethyl adjacent to an activating group) is 1. The van der Waals surface area contributed by atoms with Crippen molar-refractivity contribution in [3.63, 3.8) is 0 Å². The molecule has 0 spiro atoms. The number of aromatic nitrogens is 3. The third kappa shape index (κ3) is 4.82. The van der Waals surface area contributed by atoms with Crippen molar-refractivity contribution in [2.45, 2.75) is 13.3 Å². The fourth-order valence-corrected chi connectivity index (χ4v) is 2.76. The van der Waals surface area contributed by atoms with Crippen molar-refractivity contribution < 1.29 is 9.53 Å². The van der Waals surface area contributed by atoms with Crippen LogP contribution in [-0.4, -0.2) is 41.6 Å². The Morgan fingerprint density at radius 1 is 1.14 bits per heavy atom. The zero-order valence-corrected chi connectivity index (χ0v) is 16.2. The average Bonchev–Trinajstić information content (AvgIpc) is 2.72. The number of ether oxygens (including phenoxy) is 1. The smallest absolute Gasteiger partial charge is 0.339 e. The highest BCUT2D eigenvalue weighted by Crippen LogP contribution is 2.21. The molecular formula is C21H23N5O2. The molecule has 7 heteroatoms. The minimum absolute atomic E-state index is 0.412. The molecule has 0 fully saturated rings. The maximum absolute atomic E-state index is 12.0. The summed E-state index contributed by atoms with van der Waals surface area (Å²) in [4.78, 5) is 27.1. The highest BCUT2D eigenvalue weighted by molar-refractivity contribution is 5.96. The fourth-order valence-electron chi connectivity index (χ4n) is 2.76. The molecule has 28 heavy (non-hydrogen) atoms. The lowest BCUT2D eigenvalue weighted by molar-refractivity contribution is 0.0602. The van der Waals surface area contributed by atoms with E-state index in [2.05, 4.69) is 25.2 Å². The number of para-hydroxylation sites is 1. The number of hydrogen-bond donors (Lipinski definition) is 1. The number of anilines is 3. The van der Waals surface area contributed by atoms with Gasteiger partial charge in [0.15, 0.2) is 0 Å². The Hall–Kier alpha value is -3.48. The SMILES string of the molecule is COC(=O)c1ccccc1Nc1nc(C)cc(N(C)CCc2ccncc2)n1. The van der Waals surface area contributed by atoms with Crippen molar-refractivity contribution in [3.8, 4) is 0 Å². The molecule has 0 saturated heterocycles. The minimum Gasteiger partial charge on any atom is -0.465 e. The van der Waals surface area contributed by atoms with Crippen LogP contribution in [0.3, 0.4) is 0 Å². The Morgan fingerprint density at radius 2 is 1.89 bits per heavy atom. The Balaban J connectivity index is 1.77. The van der Waals surface area contributed by atoms with Crippen molar-refractivity contribution in [2.24, 2.45) is 0 Å². The molecule has 0 unspecified atom stereocenters. The van der Waals surface area contributed by atoms with E-state index in [9.17, 15) is 4.79 Å². The molecule has 0 aliphatic rings. The normalized spacial score (nSPS) is 10.4. The van der Waals surface area contributed by atoms with Crippen LogP contribution in [0, 0.1) is 6.92 Å². The molecule has 0 aliphatic carbocycles. The fraction of sp³-hybridized carbons (Fsp3) is 0.238. The van der Waals surface area contributed by atoms with Crippen LogP contribution in [0.25, 0.3) is 0 Å². The number of aryl methyl sites for hydroxylation is 1. The Labute approximate surface area is 164 Å². The van der Waals surface area contributed by atoms with E-state index in [-0.39, 0.29) is 0 Å². The zero-order chi connectivity index (χ0) is 19.9. The van der Waals surface area contributed by atoms with E-state index in [1.54, 1.807) is 30.6 Å². The maximum atomic E-state index is 12.0. The predicted octanol–water partition coefficient (Wildman–Crippen LogP) is 3.39. The Bertz CT molecular complexity index is 947. The number of methoxy groups -OCH3 is 1. The summed E-state index contributed by atoms with van der Waals surface area (Å²) in [6, 6.07) is 13.1. The van der Waals surface area contributed by atoms with Crippen LogP contribution in [-0.2, 0) is 11.2 Å². The number of esters is 1. The molecule has 1 N–H and O–H groups in total. The molecule has 0 atom stereocenters. The van der Waals surface area contributed by atoms with Gasteiger partial charge in [-0.1, -0.05) is 12.1 Å². The standard InChI is InChI=1S/C21H23N5O2/c1-15-14-19(26(2)13-10-16-8-11-22-12-9-16)25-21(23-15)24-18-7-5-4-6-17(18)20(27)28-3/h4-9,11-12,14H,10,13H2,1-3H3,(H,23,24,25). The van der Waals surface area contributed by atoms with Crippen LogP contribution in [0.1, 0.15) is 21.6 Å². The summed E-state index contributed by atoms with van der Waals surface area (Å²) in [6.07, 6.45) is 4.48. The molecule has 0 radical (unpaired) electrons. The van der Waals surface area contributed by atoms with Gasteiger partial charge in [-0.3, -0.25) is 4.98 Å². The average molecular weight is 377 g/mol. The molecular weight excluding hydrogens is 354 g/mol. The van der Waals surface area contributed by atoms with Gasteiger partial charge in [-0.05, 0) is 43.2 Å². The monoisotopic (exact) mass is 377 g/mol. The lowest BCUT2D eigenvalue weighted by Crippen LogP contribution is -2.22. The lowest BCUT2D eigenvalue weighted by atomic mass is 10.2. The van der Waals surface area contributed by atoms with Crippen LogP contribution >= 0.6 is 0 Å². The molecule has 0 bridgehead atoms. The molecule has 3 rings (SSSR count). The van der Waals surface area contributed by atoms with E-state index >= 15 is 0 Å². The van der Waals surface area contributed by atoms with Crippen LogP contribution in [0.15, 0.2) is 54.9 Å². The van der Waals surface area contributed by atoms with Crippen LogP contribution in [0.2, 0.25) is 0 Å². The number of pyridine rings is 1. The topological polar surface area (TPSA) is 80.2 Å². The molecule has 2 heterocycles. The molecule has 7 nitrogen and oxygen atoms in total. The summed E-state index contributed by atoms with van der Waals surface area (Å²) in [7, 11) is 3.35. The van der Waals surface area contributed by atoms with Gasteiger partial charge in [0.25, 0.3) is 0 Å². The van der Waals surface area contributed by atoms with Crippen LogP contribution in [0.5, 0.6) is 0 Å². The Morgan fingerprint density at radius 3 is 2.64 bits per heavy atom. The third-order valence-electron chi connectivity index (χ3n) is 4.30. The lowest BCUT2D eigenvalue weighted by Gasteiger charge is -2.19. The Kier molecular flexibility index (Phi) is 6.16. The van der Waals surface area contributed by atoms with Crippen molar-refractivity contribution in [2.75, 3.05) is 30.9 Å². The van der Waals surface area contributed by atoms with E-state index in [4.69, 9.17) is 4.74 Å². The van der Waals surface area contributed by atoms with Crippen LogP contribution in [0.4, 0.5) is 17.5 Å². The van der Waals surface area contributed by atoms with Gasteiger partial charge in [0.2, 0.25) is 5.95 Å². The number of hydrogen-bond acceptors (Lipinski definition) is 7. The zero-order valence-electron chi connectivity index (χ0n) is 16.2. The van der Waals surface area contributed by atoms with Gasteiger partial charge in [0.05, 0.1) is 18.4 Å². The van der Waals surface area contributed by atoms with Gasteiger partial charge in [-0.15, -0.1) is 0 Å². The van der Waals surface area contributed by atoms with Crippen molar-refractivity contribution >= 4 is 23.4 Å². The van der Waals surface area contributed by atoms with Gasteiger partial charge in [-0.25, -0.2) is 9.78 Å². The number of nitrogens with one attached hydrogen (secondary N) is 1. The van der Waals surface area contributed by atoms with Crippen LogP contribution < -0.4 is 10.2 Å². The van der Waals surface area contributed by atoms with Gasteiger partial charge >= 0.3 is 5.97 Å². The number of carbonyl (C=O) groups excluding carboxylic acids is 1. The number of carbonyl (C=O) groups is 1. The molecule has 1 aromatic carbocycles. The number of nitrogens with zero attached hydrogens (tertiary/aromatic N) is 4. The third-order valence-corrected chi connectivity index (χ3v) is 4.30. The van der Waals surface area contributed by atoms with E-state index in [1.807, 2.05) is 38.2 Å². The summed E-state index contributed by atoms with van der Waals surface area (Å²) < 4.78 is 4.84. The first-order valence-corrected chi connectivity index (χ1v) is 8.97. The summed E-state index contributed by atoms with van der Waals surface area (Å²) in [5, 5.41) is 3.14. The first-order chi connectivity index (χ1) is 13.6. The molecule has 2 aromatic heterocycles. The van der Waals surface area contributed by atoms with Crippen molar-refractivity contribution in [3.05, 3.63) is 71.7 Å². The van der Waals surface area contributed by atoms with E-state index in [0.29, 0.717) is 17.2 Å². The second-order valence-corrected chi connectivity index (χ2v) is 6.38. The second-order valence-electron chi connectivity index (χ2n) is 6.38. The first kappa shape index (κ1) is 19.3. The molecule has 0 amide bonds. The van der Waals surface area contributed by atoms with Gasteiger partial charge in [0.1, 0.15) is 5.82 Å². The highest BCUT2D eigenvalue weighted by Gasteiger charge is 2.13. The summed E-state index contributed by atoms with van der Waals surface area (Å²) in [6.45, 7) is 2.72. The second kappa shape index (κ2) is 8.94. The number of benzene rings is 1. The predicted molar refractivity (Wildman–Crippen MR) is 109 cm³/mol. The van der Waals surface area contributed by atoms with E-state index < -0.39 is 5.97 Å². The molecule has 3 aromatic rings. The quantitative estimate of drug-likeness (QED) is 0.632. The summed E-state index contributed by atoms with van der Waals surface area (Å²) >= 11 is 0. The largest absolute Gasteiger partial charge is 0.465 e. The van der Waals surface area contributed by atoms with Gasteiger partial charge in [-0.2, -0.15) is 4.98 Å². The van der Waals surface area contributed by atoms with Gasteiger partial charge in [0, 0.05) is 37.7 Å². The van der Waals surface area contributed by atoms with Crippen molar-refractivity contribution in [1.82, 2.24) is 15.0 Å². The first-order valence-electron chi connectivity index (χ1n) is 8.97. The number of rotatable bonds is 7. The maximum Gasteiger partial charge on any atom is 0.339 e. The van der Waals surface area contributed by atoms with Crippen molar-refractivity contribution in [1.29, 1.82) is 0 Å². The minimum atomic E-state index is -0.412. The van der Waals surface area contributed by atoms with E-state index in [1.165, 1.54) is 12.7 Å². The van der Waals surface area contributed by atoms with Gasteiger partial charge < -0.3 is 15.0 Å². The molecule has 0 saturated carbocycles. The highest BCUT2D eigenvalue weighted by atomic mass is 16.5. The summed E-state index contributed by atoms with van der Waals surface area (Å²) in [5.74, 6) is 0.826.